The van der Waals surface area contributed by atoms with E-state index in [0.29, 0.717) is 37.5 Å². The second-order valence-corrected chi connectivity index (χ2v) is 5.33. The molecule has 2 atom stereocenters. The maximum atomic E-state index is 12.0. The molecule has 0 heterocycles. The van der Waals surface area contributed by atoms with Gasteiger partial charge in [-0.1, -0.05) is 26.3 Å². The molecule has 1 saturated carbocycles. The first-order chi connectivity index (χ1) is 9.45. The summed E-state index contributed by atoms with van der Waals surface area (Å²) in [6.07, 6.45) is 2.89. The van der Waals surface area contributed by atoms with Gasteiger partial charge in [0.25, 0.3) is 0 Å². The lowest BCUT2D eigenvalue weighted by Crippen LogP contribution is -2.54. The Kier molecular flexibility index (Phi) is 6.05. The molecule has 20 heavy (non-hydrogen) atoms. The Morgan fingerprint density at radius 1 is 1.30 bits per heavy atom. The highest BCUT2D eigenvalue weighted by Gasteiger charge is 2.42. The lowest BCUT2D eigenvalue weighted by Gasteiger charge is -2.40. The lowest BCUT2D eigenvalue weighted by atomic mass is 9.72. The normalized spacial score (nSPS) is 25.6. The number of ether oxygens (including phenoxy) is 2. The minimum atomic E-state index is -0.740. The molecule has 1 N–H and O–H groups in total. The van der Waals surface area contributed by atoms with Crippen molar-refractivity contribution in [1.82, 2.24) is 5.32 Å². The summed E-state index contributed by atoms with van der Waals surface area (Å²) in [5.41, 5.74) is -0.421. The first-order valence-electron chi connectivity index (χ1n) is 7.26. The molecule has 1 fully saturated rings. The van der Waals surface area contributed by atoms with Gasteiger partial charge >= 0.3 is 12.1 Å². The van der Waals surface area contributed by atoms with Gasteiger partial charge in [0.2, 0.25) is 0 Å². The van der Waals surface area contributed by atoms with Gasteiger partial charge in [0.15, 0.2) is 0 Å². The van der Waals surface area contributed by atoms with Gasteiger partial charge in [-0.3, -0.25) is 0 Å². The van der Waals surface area contributed by atoms with Gasteiger partial charge in [-0.2, -0.15) is 0 Å². The second kappa shape index (κ2) is 7.31. The van der Waals surface area contributed by atoms with Crippen LogP contribution in [0.2, 0.25) is 0 Å². The number of nitrogens with one attached hydrogen (secondary N) is 1. The van der Waals surface area contributed by atoms with Gasteiger partial charge in [0.05, 0.1) is 24.3 Å². The molecular weight excluding hydrogens is 258 g/mol. The molecule has 1 rings (SSSR count). The van der Waals surface area contributed by atoms with Crippen molar-refractivity contribution in [2.24, 2.45) is 5.92 Å². The molecule has 0 spiro atoms. The van der Waals surface area contributed by atoms with Crippen molar-refractivity contribution in [3.05, 3.63) is 12.2 Å². The van der Waals surface area contributed by atoms with Gasteiger partial charge in [0.1, 0.15) is 0 Å². The van der Waals surface area contributed by atoms with Crippen molar-refractivity contribution in [3.8, 4) is 0 Å². The van der Waals surface area contributed by atoms with E-state index in [1.54, 1.807) is 13.8 Å². The Morgan fingerprint density at radius 2 is 1.95 bits per heavy atom. The predicted octanol–water partition coefficient (Wildman–Crippen LogP) is 2.80. The minimum Gasteiger partial charge on any atom is -0.463 e. The molecule has 114 valence electrons. The minimum absolute atomic E-state index is 0.295. The predicted molar refractivity (Wildman–Crippen MR) is 76.3 cm³/mol. The molecule has 0 unspecified atom stereocenters. The zero-order valence-electron chi connectivity index (χ0n) is 12.7. The number of esters is 1. The quantitative estimate of drug-likeness (QED) is 0.622. The van der Waals surface area contributed by atoms with Crippen LogP contribution < -0.4 is 5.32 Å². The summed E-state index contributed by atoms with van der Waals surface area (Å²) >= 11 is 0. The Balaban J connectivity index is 2.91. The SMILES string of the molecule is C=C(C(=O)OCC)[C@@]1(NC(=O)OCC)CCC[C@@H](C)C1. The largest absolute Gasteiger partial charge is 0.463 e. The summed E-state index contributed by atoms with van der Waals surface area (Å²) < 4.78 is 9.98. The van der Waals surface area contributed by atoms with E-state index in [1.807, 2.05) is 0 Å². The molecule has 0 aromatic carbocycles. The number of alkyl carbamates (subject to hydrolysis) is 1. The number of carbonyl (C=O) groups excluding carboxylic acids is 2. The summed E-state index contributed by atoms with van der Waals surface area (Å²) in [7, 11) is 0. The molecule has 0 aromatic heterocycles. The number of amides is 1. The standard InChI is InChI=1S/C15H25NO4/c1-5-19-13(17)12(4)15(16-14(18)20-6-2)9-7-8-11(3)10-15/h11H,4-10H2,1-3H3,(H,16,18)/t11-,15-/m1/s1. The monoisotopic (exact) mass is 283 g/mol. The number of rotatable bonds is 5. The van der Waals surface area contributed by atoms with Crippen molar-refractivity contribution in [1.29, 1.82) is 0 Å². The fourth-order valence-corrected chi connectivity index (χ4v) is 2.79. The first-order valence-corrected chi connectivity index (χ1v) is 7.26. The highest BCUT2D eigenvalue weighted by atomic mass is 16.5. The highest BCUT2D eigenvalue weighted by molar-refractivity contribution is 5.91. The second-order valence-electron chi connectivity index (χ2n) is 5.33. The van der Waals surface area contributed by atoms with Gasteiger partial charge in [-0.05, 0) is 32.6 Å². The molecule has 0 aliphatic heterocycles. The molecule has 5 nitrogen and oxygen atoms in total. The average Bonchev–Trinajstić information content (AvgIpc) is 2.38. The van der Waals surface area contributed by atoms with Crippen LogP contribution in [0.1, 0.15) is 46.5 Å². The summed E-state index contributed by atoms with van der Waals surface area (Å²) in [5.74, 6) is -0.0322. The molecule has 1 aliphatic carbocycles. The number of carbonyl (C=O) groups is 2. The third-order valence-corrected chi connectivity index (χ3v) is 3.71. The highest BCUT2D eigenvalue weighted by Crippen LogP contribution is 2.37. The zero-order chi connectivity index (χ0) is 15.2. The van der Waals surface area contributed by atoms with E-state index in [4.69, 9.17) is 9.47 Å². The van der Waals surface area contributed by atoms with Crippen LogP contribution in [0.4, 0.5) is 4.79 Å². The topological polar surface area (TPSA) is 64.6 Å². The molecule has 0 saturated heterocycles. The molecule has 0 radical (unpaired) electrons. The van der Waals surface area contributed by atoms with Crippen LogP contribution in [0.25, 0.3) is 0 Å². The fourth-order valence-electron chi connectivity index (χ4n) is 2.79. The lowest BCUT2D eigenvalue weighted by molar-refractivity contribution is -0.139. The van der Waals surface area contributed by atoms with Crippen LogP contribution in [0.5, 0.6) is 0 Å². The fraction of sp³-hybridized carbons (Fsp3) is 0.733. The van der Waals surface area contributed by atoms with E-state index in [1.165, 1.54) is 0 Å². The smallest absolute Gasteiger partial charge is 0.407 e. The molecule has 5 heteroatoms. The van der Waals surface area contributed by atoms with Crippen LogP contribution in [-0.2, 0) is 14.3 Å². The van der Waals surface area contributed by atoms with Crippen molar-refractivity contribution in [3.63, 3.8) is 0 Å². The maximum absolute atomic E-state index is 12.0. The van der Waals surface area contributed by atoms with Crippen molar-refractivity contribution in [2.75, 3.05) is 13.2 Å². The van der Waals surface area contributed by atoms with E-state index >= 15 is 0 Å². The van der Waals surface area contributed by atoms with Crippen LogP contribution in [0.15, 0.2) is 12.2 Å². The van der Waals surface area contributed by atoms with Crippen LogP contribution >= 0.6 is 0 Å². The van der Waals surface area contributed by atoms with E-state index < -0.39 is 17.6 Å². The third kappa shape index (κ3) is 3.99. The van der Waals surface area contributed by atoms with E-state index in [0.717, 1.165) is 12.8 Å². The Bertz CT molecular complexity index is 380. The van der Waals surface area contributed by atoms with Crippen LogP contribution in [0, 0.1) is 5.92 Å². The van der Waals surface area contributed by atoms with Gasteiger partial charge in [-0.25, -0.2) is 9.59 Å². The van der Waals surface area contributed by atoms with Crippen LogP contribution in [-0.4, -0.2) is 30.8 Å². The van der Waals surface area contributed by atoms with E-state index in [9.17, 15) is 9.59 Å². The van der Waals surface area contributed by atoms with E-state index in [2.05, 4.69) is 18.8 Å². The third-order valence-electron chi connectivity index (χ3n) is 3.71. The van der Waals surface area contributed by atoms with Crippen LogP contribution in [0.3, 0.4) is 0 Å². The van der Waals surface area contributed by atoms with Crippen molar-refractivity contribution < 1.29 is 19.1 Å². The number of hydrogen-bond acceptors (Lipinski definition) is 4. The summed E-state index contributed by atoms with van der Waals surface area (Å²) in [5, 5.41) is 2.84. The van der Waals surface area contributed by atoms with Gasteiger partial charge in [-0.15, -0.1) is 0 Å². The zero-order valence-corrected chi connectivity index (χ0v) is 12.7. The Hall–Kier alpha value is -1.52. The Morgan fingerprint density at radius 3 is 2.50 bits per heavy atom. The Labute approximate surface area is 120 Å². The molecule has 0 aromatic rings. The summed E-state index contributed by atoms with van der Waals surface area (Å²) in [4.78, 5) is 23.8. The molecular formula is C15H25NO4. The molecule has 1 amide bonds. The first kappa shape index (κ1) is 16.5. The molecule has 1 aliphatic rings. The van der Waals surface area contributed by atoms with Crippen molar-refractivity contribution >= 4 is 12.1 Å². The summed E-state index contributed by atoms with van der Waals surface area (Å²) in [6, 6.07) is 0. The van der Waals surface area contributed by atoms with Crippen molar-refractivity contribution in [2.45, 2.75) is 52.0 Å². The molecule has 0 bridgehead atoms. The van der Waals surface area contributed by atoms with E-state index in [-0.39, 0.29) is 0 Å². The summed E-state index contributed by atoms with van der Waals surface area (Å²) in [6.45, 7) is 10.1. The number of hydrogen-bond donors (Lipinski definition) is 1. The van der Waals surface area contributed by atoms with Gasteiger partial charge < -0.3 is 14.8 Å². The maximum Gasteiger partial charge on any atom is 0.407 e. The average molecular weight is 283 g/mol. The van der Waals surface area contributed by atoms with Gasteiger partial charge in [0, 0.05) is 0 Å².